The van der Waals surface area contributed by atoms with Crippen LogP contribution in [0, 0.1) is 5.92 Å². The number of hydrogen-bond acceptors (Lipinski definition) is 3. The maximum atomic E-state index is 4.49. The summed E-state index contributed by atoms with van der Waals surface area (Å²) < 4.78 is 0. The lowest BCUT2D eigenvalue weighted by atomic mass is 10.1. The molecule has 1 saturated heterocycles. The third-order valence-corrected chi connectivity index (χ3v) is 3.67. The molecule has 3 heteroatoms. The van der Waals surface area contributed by atoms with Gasteiger partial charge in [-0.15, -0.1) is 0 Å². The maximum absolute atomic E-state index is 4.49. The van der Waals surface area contributed by atoms with E-state index in [0.717, 1.165) is 25.4 Å². The SMILES string of the molecule is CCCNc1ccnc(CN2CC(C)CC2C)c1. The summed E-state index contributed by atoms with van der Waals surface area (Å²) in [5.41, 5.74) is 2.37. The minimum atomic E-state index is 0.689. The number of pyridine rings is 1. The fourth-order valence-electron chi connectivity index (χ4n) is 2.76. The number of nitrogens with zero attached hydrogens (tertiary/aromatic N) is 2. The zero-order chi connectivity index (χ0) is 13.0. The molecule has 0 radical (unpaired) electrons. The van der Waals surface area contributed by atoms with Gasteiger partial charge in [-0.3, -0.25) is 9.88 Å². The van der Waals surface area contributed by atoms with Crippen molar-refractivity contribution in [1.82, 2.24) is 9.88 Å². The predicted molar refractivity (Wildman–Crippen MR) is 76.7 cm³/mol. The molecule has 0 spiro atoms. The molecular formula is C15H25N3. The second-order valence-electron chi connectivity index (χ2n) is 5.58. The summed E-state index contributed by atoms with van der Waals surface area (Å²) in [5, 5.41) is 3.42. The third-order valence-electron chi connectivity index (χ3n) is 3.67. The first-order chi connectivity index (χ1) is 8.69. The second-order valence-corrected chi connectivity index (χ2v) is 5.58. The lowest BCUT2D eigenvalue weighted by Crippen LogP contribution is -2.27. The number of rotatable bonds is 5. The van der Waals surface area contributed by atoms with E-state index in [1.54, 1.807) is 0 Å². The van der Waals surface area contributed by atoms with Crippen LogP contribution in [0.2, 0.25) is 0 Å². The van der Waals surface area contributed by atoms with Crippen LogP contribution in [0.3, 0.4) is 0 Å². The molecule has 1 aliphatic heterocycles. The smallest absolute Gasteiger partial charge is 0.0564 e. The first kappa shape index (κ1) is 13.3. The normalized spacial score (nSPS) is 24.4. The molecular weight excluding hydrogens is 222 g/mol. The van der Waals surface area contributed by atoms with Crippen molar-refractivity contribution in [2.45, 2.75) is 46.2 Å². The minimum absolute atomic E-state index is 0.689. The molecule has 0 aliphatic carbocycles. The maximum Gasteiger partial charge on any atom is 0.0564 e. The van der Waals surface area contributed by atoms with Gasteiger partial charge in [0.05, 0.1) is 5.69 Å². The summed E-state index contributed by atoms with van der Waals surface area (Å²) in [6.07, 6.45) is 4.38. The number of likely N-dealkylation sites (tertiary alicyclic amines) is 1. The molecule has 1 fully saturated rings. The van der Waals surface area contributed by atoms with Crippen molar-refractivity contribution in [2.75, 3.05) is 18.4 Å². The average Bonchev–Trinajstić information content (AvgIpc) is 2.66. The molecule has 2 heterocycles. The van der Waals surface area contributed by atoms with Crippen LogP contribution < -0.4 is 5.32 Å². The molecule has 2 unspecified atom stereocenters. The van der Waals surface area contributed by atoms with Gasteiger partial charge in [-0.1, -0.05) is 13.8 Å². The molecule has 2 atom stereocenters. The van der Waals surface area contributed by atoms with Crippen molar-refractivity contribution in [3.63, 3.8) is 0 Å². The molecule has 2 rings (SSSR count). The minimum Gasteiger partial charge on any atom is -0.385 e. The molecule has 1 aliphatic rings. The average molecular weight is 247 g/mol. The molecule has 0 saturated carbocycles. The van der Waals surface area contributed by atoms with E-state index in [4.69, 9.17) is 0 Å². The first-order valence-corrected chi connectivity index (χ1v) is 7.12. The molecule has 1 aromatic heterocycles. The summed E-state index contributed by atoms with van der Waals surface area (Å²) in [6, 6.07) is 4.93. The van der Waals surface area contributed by atoms with Crippen LogP contribution in [0.1, 0.15) is 39.3 Å². The summed E-state index contributed by atoms with van der Waals surface area (Å²) >= 11 is 0. The molecule has 1 aromatic rings. The van der Waals surface area contributed by atoms with Crippen molar-refractivity contribution in [1.29, 1.82) is 0 Å². The Bertz CT molecular complexity index is 378. The van der Waals surface area contributed by atoms with Crippen LogP contribution in [-0.2, 0) is 6.54 Å². The number of nitrogens with one attached hydrogen (secondary N) is 1. The lowest BCUT2D eigenvalue weighted by molar-refractivity contribution is 0.253. The summed E-state index contributed by atoms with van der Waals surface area (Å²) in [4.78, 5) is 7.03. The van der Waals surface area contributed by atoms with Crippen molar-refractivity contribution in [2.24, 2.45) is 5.92 Å². The van der Waals surface area contributed by atoms with Gasteiger partial charge >= 0.3 is 0 Å². The highest BCUT2D eigenvalue weighted by Crippen LogP contribution is 2.24. The van der Waals surface area contributed by atoms with E-state index in [1.807, 2.05) is 6.20 Å². The number of hydrogen-bond donors (Lipinski definition) is 1. The lowest BCUT2D eigenvalue weighted by Gasteiger charge is -2.20. The van der Waals surface area contributed by atoms with Gasteiger partial charge in [0.2, 0.25) is 0 Å². The van der Waals surface area contributed by atoms with E-state index in [9.17, 15) is 0 Å². The van der Waals surface area contributed by atoms with Gasteiger partial charge < -0.3 is 5.32 Å². The highest BCUT2D eigenvalue weighted by atomic mass is 15.2. The van der Waals surface area contributed by atoms with Crippen LogP contribution in [0.15, 0.2) is 18.3 Å². The Balaban J connectivity index is 1.96. The number of aromatic nitrogens is 1. The van der Waals surface area contributed by atoms with Crippen LogP contribution in [0.5, 0.6) is 0 Å². The zero-order valence-corrected chi connectivity index (χ0v) is 11.8. The highest BCUT2D eigenvalue weighted by molar-refractivity contribution is 5.43. The largest absolute Gasteiger partial charge is 0.385 e. The molecule has 1 N–H and O–H groups in total. The van der Waals surface area contributed by atoms with Gasteiger partial charge in [-0.2, -0.15) is 0 Å². The zero-order valence-electron chi connectivity index (χ0n) is 11.8. The number of anilines is 1. The van der Waals surface area contributed by atoms with E-state index in [2.05, 4.69) is 48.1 Å². The van der Waals surface area contributed by atoms with Crippen molar-refractivity contribution in [3.8, 4) is 0 Å². The topological polar surface area (TPSA) is 28.2 Å². The van der Waals surface area contributed by atoms with E-state index < -0.39 is 0 Å². The van der Waals surface area contributed by atoms with Gasteiger partial charge in [0.1, 0.15) is 0 Å². The standard InChI is InChI=1S/C15H25N3/c1-4-6-16-14-5-7-17-15(9-14)11-18-10-12(2)8-13(18)3/h5,7,9,12-13H,4,6,8,10-11H2,1-3H3,(H,16,17). The van der Waals surface area contributed by atoms with Gasteiger partial charge in [0, 0.05) is 37.6 Å². The van der Waals surface area contributed by atoms with Gasteiger partial charge in [-0.25, -0.2) is 0 Å². The first-order valence-electron chi connectivity index (χ1n) is 7.12. The van der Waals surface area contributed by atoms with Gasteiger partial charge in [0.25, 0.3) is 0 Å². The fourth-order valence-corrected chi connectivity index (χ4v) is 2.76. The van der Waals surface area contributed by atoms with E-state index >= 15 is 0 Å². The monoisotopic (exact) mass is 247 g/mol. The Hall–Kier alpha value is -1.09. The van der Waals surface area contributed by atoms with Crippen LogP contribution in [-0.4, -0.2) is 29.0 Å². The third kappa shape index (κ3) is 3.45. The van der Waals surface area contributed by atoms with Crippen molar-refractivity contribution < 1.29 is 0 Å². The molecule has 18 heavy (non-hydrogen) atoms. The van der Waals surface area contributed by atoms with E-state index in [0.29, 0.717) is 6.04 Å². The highest BCUT2D eigenvalue weighted by Gasteiger charge is 2.26. The Labute approximate surface area is 111 Å². The molecule has 3 nitrogen and oxygen atoms in total. The Kier molecular flexibility index (Phi) is 4.59. The van der Waals surface area contributed by atoms with Crippen molar-refractivity contribution >= 4 is 5.69 Å². The fraction of sp³-hybridized carbons (Fsp3) is 0.667. The van der Waals surface area contributed by atoms with Gasteiger partial charge in [0.15, 0.2) is 0 Å². The van der Waals surface area contributed by atoms with Crippen molar-refractivity contribution in [3.05, 3.63) is 24.0 Å². The molecule has 0 amide bonds. The van der Waals surface area contributed by atoms with E-state index in [1.165, 1.54) is 24.3 Å². The Morgan fingerprint density at radius 1 is 1.44 bits per heavy atom. The summed E-state index contributed by atoms with van der Waals surface area (Å²) in [7, 11) is 0. The molecule has 100 valence electrons. The summed E-state index contributed by atoms with van der Waals surface area (Å²) in [5.74, 6) is 0.821. The van der Waals surface area contributed by atoms with Crippen LogP contribution >= 0.6 is 0 Å². The van der Waals surface area contributed by atoms with Gasteiger partial charge in [-0.05, 0) is 37.8 Å². The van der Waals surface area contributed by atoms with Crippen LogP contribution in [0.4, 0.5) is 5.69 Å². The summed E-state index contributed by atoms with van der Waals surface area (Å²) in [6.45, 7) is 10.1. The quantitative estimate of drug-likeness (QED) is 0.866. The van der Waals surface area contributed by atoms with E-state index in [-0.39, 0.29) is 0 Å². The Morgan fingerprint density at radius 3 is 2.94 bits per heavy atom. The van der Waals surface area contributed by atoms with Crippen LogP contribution in [0.25, 0.3) is 0 Å². The molecule has 0 bridgehead atoms. The predicted octanol–water partition coefficient (Wildman–Crippen LogP) is 3.13. The Morgan fingerprint density at radius 2 is 2.28 bits per heavy atom. The molecule has 0 aromatic carbocycles. The second kappa shape index (κ2) is 6.19.